The van der Waals surface area contributed by atoms with Crippen LogP contribution in [0.25, 0.3) is 0 Å². The first-order valence-electron chi connectivity index (χ1n) is 10.3. The highest BCUT2D eigenvalue weighted by Crippen LogP contribution is 2.24. The lowest BCUT2D eigenvalue weighted by atomic mass is 10.0. The van der Waals surface area contributed by atoms with E-state index in [0.29, 0.717) is 29.8 Å². The number of carbonyl (C=O) groups is 2. The van der Waals surface area contributed by atoms with Gasteiger partial charge in [0.1, 0.15) is 11.5 Å². The monoisotopic (exact) mass is 402 g/mol. The van der Waals surface area contributed by atoms with E-state index in [0.717, 1.165) is 30.9 Å². The van der Waals surface area contributed by atoms with Gasteiger partial charge in [-0.25, -0.2) is 0 Å². The van der Waals surface area contributed by atoms with Gasteiger partial charge in [0, 0.05) is 23.2 Å². The fourth-order valence-electron chi connectivity index (χ4n) is 3.85. The molecule has 0 aliphatic carbocycles. The van der Waals surface area contributed by atoms with Crippen molar-refractivity contribution in [1.29, 1.82) is 0 Å². The van der Waals surface area contributed by atoms with Crippen LogP contribution < -0.4 is 0 Å². The number of furan rings is 1. The van der Waals surface area contributed by atoms with Gasteiger partial charge in [0.05, 0.1) is 13.1 Å². The lowest BCUT2D eigenvalue weighted by Gasteiger charge is -2.20. The molecule has 0 fully saturated rings. The minimum atomic E-state index is -0.0435. The van der Waals surface area contributed by atoms with E-state index in [1.165, 1.54) is 5.56 Å². The first kappa shape index (κ1) is 20.1. The number of ketones is 1. The van der Waals surface area contributed by atoms with Crippen LogP contribution in [0.2, 0.25) is 0 Å². The van der Waals surface area contributed by atoms with Gasteiger partial charge in [0.25, 0.3) is 5.91 Å². The van der Waals surface area contributed by atoms with Crippen LogP contribution in [-0.2, 0) is 19.5 Å². The van der Waals surface area contributed by atoms with Crippen LogP contribution in [0, 0.1) is 0 Å². The molecule has 1 amide bonds. The van der Waals surface area contributed by atoms with Crippen LogP contribution in [0.15, 0.2) is 65.1 Å². The summed E-state index contributed by atoms with van der Waals surface area (Å²) in [5.74, 6) is 1.74. The summed E-state index contributed by atoms with van der Waals surface area (Å²) in [5.41, 5.74) is 3.01. The third kappa shape index (κ3) is 4.36. The molecule has 2 aromatic carbocycles. The van der Waals surface area contributed by atoms with Gasteiger partial charge in [-0.1, -0.05) is 42.5 Å². The van der Waals surface area contributed by atoms with Gasteiger partial charge < -0.3 is 14.2 Å². The van der Waals surface area contributed by atoms with Crippen molar-refractivity contribution in [2.24, 2.45) is 0 Å². The molecule has 0 unspecified atom stereocenters. The molecule has 0 atom stereocenters. The number of nitrogens with zero attached hydrogens (tertiary/aromatic N) is 2. The Kier molecular flexibility index (Phi) is 5.81. The topological polar surface area (TPSA) is 53.8 Å². The average Bonchev–Trinajstić information content (AvgIpc) is 3.01. The normalized spacial score (nSPS) is 13.8. The number of rotatable bonds is 5. The van der Waals surface area contributed by atoms with E-state index < -0.39 is 0 Å². The highest BCUT2D eigenvalue weighted by atomic mass is 16.3. The van der Waals surface area contributed by atoms with Gasteiger partial charge in [-0.2, -0.15) is 0 Å². The number of benzene rings is 2. The largest absolute Gasteiger partial charge is 0.463 e. The van der Waals surface area contributed by atoms with E-state index in [1.807, 2.05) is 37.2 Å². The van der Waals surface area contributed by atoms with Crippen LogP contribution in [0.1, 0.15) is 49.8 Å². The highest BCUT2D eigenvalue weighted by molar-refractivity contribution is 6.09. The molecule has 0 bridgehead atoms. The Labute approximate surface area is 176 Å². The summed E-state index contributed by atoms with van der Waals surface area (Å²) < 4.78 is 6.03. The van der Waals surface area contributed by atoms with Crippen molar-refractivity contribution in [1.82, 2.24) is 9.80 Å². The molecule has 154 valence electrons. The van der Waals surface area contributed by atoms with Crippen molar-refractivity contribution in [2.45, 2.75) is 25.9 Å². The maximum absolute atomic E-state index is 13.1. The maximum Gasteiger partial charge on any atom is 0.254 e. The molecular formula is C25H26N2O3. The smallest absolute Gasteiger partial charge is 0.254 e. The van der Waals surface area contributed by atoms with Gasteiger partial charge in [0.2, 0.25) is 0 Å². The van der Waals surface area contributed by atoms with E-state index in [1.54, 1.807) is 36.4 Å². The lowest BCUT2D eigenvalue weighted by Crippen LogP contribution is -2.30. The Balaban J connectivity index is 1.49. The summed E-state index contributed by atoms with van der Waals surface area (Å²) in [7, 11) is 4.02. The molecule has 1 aliphatic heterocycles. The van der Waals surface area contributed by atoms with E-state index in [2.05, 4.69) is 11.0 Å². The number of hydrogen-bond acceptors (Lipinski definition) is 4. The summed E-state index contributed by atoms with van der Waals surface area (Å²) in [6, 6.07) is 18.2. The van der Waals surface area contributed by atoms with Crippen molar-refractivity contribution < 1.29 is 14.0 Å². The van der Waals surface area contributed by atoms with Crippen molar-refractivity contribution in [3.05, 3.63) is 94.4 Å². The molecule has 0 saturated heterocycles. The predicted molar refractivity (Wildman–Crippen MR) is 115 cm³/mol. The van der Waals surface area contributed by atoms with Crippen molar-refractivity contribution in [3.8, 4) is 0 Å². The molecule has 3 aromatic rings. The molecule has 2 heterocycles. The van der Waals surface area contributed by atoms with Crippen LogP contribution in [0.5, 0.6) is 0 Å². The average molecular weight is 402 g/mol. The van der Waals surface area contributed by atoms with E-state index in [9.17, 15) is 9.59 Å². The minimum absolute atomic E-state index is 0.0351. The van der Waals surface area contributed by atoms with E-state index in [-0.39, 0.29) is 11.7 Å². The van der Waals surface area contributed by atoms with Gasteiger partial charge in [0.15, 0.2) is 5.78 Å². The summed E-state index contributed by atoms with van der Waals surface area (Å²) in [5, 5.41) is 0. The standard InChI is InChI=1S/C25H26N2O3/c1-26(2)16-22-15-21-9-6-14-27(17-23(21)30-22)25(29)20-12-10-19(11-13-20)24(28)18-7-4-3-5-8-18/h3-5,7-8,10-13,15H,6,9,14,16-17H2,1-2H3. The fourth-order valence-corrected chi connectivity index (χ4v) is 3.85. The summed E-state index contributed by atoms with van der Waals surface area (Å²) in [4.78, 5) is 29.6. The molecule has 5 nitrogen and oxygen atoms in total. The van der Waals surface area contributed by atoms with Gasteiger partial charge in [-0.3, -0.25) is 9.59 Å². The SMILES string of the molecule is CN(C)Cc1cc2c(o1)CN(C(=O)c1ccc(C(=O)c3ccccc3)cc1)CCC2. The summed E-state index contributed by atoms with van der Waals surface area (Å²) >= 11 is 0. The third-order valence-corrected chi connectivity index (χ3v) is 5.35. The molecule has 5 heteroatoms. The van der Waals surface area contributed by atoms with Gasteiger partial charge >= 0.3 is 0 Å². The second-order valence-electron chi connectivity index (χ2n) is 8.00. The molecule has 4 rings (SSSR count). The third-order valence-electron chi connectivity index (χ3n) is 5.35. The van der Waals surface area contributed by atoms with Crippen molar-refractivity contribution in [2.75, 3.05) is 20.6 Å². The van der Waals surface area contributed by atoms with Crippen LogP contribution in [-0.4, -0.2) is 42.1 Å². The molecule has 1 aliphatic rings. The molecule has 0 radical (unpaired) electrons. The Morgan fingerprint density at radius 3 is 2.33 bits per heavy atom. The van der Waals surface area contributed by atoms with Gasteiger partial charge in [-0.05, 0) is 50.7 Å². The second kappa shape index (κ2) is 8.67. The zero-order valence-corrected chi connectivity index (χ0v) is 17.4. The van der Waals surface area contributed by atoms with E-state index in [4.69, 9.17) is 4.42 Å². The van der Waals surface area contributed by atoms with Crippen LogP contribution >= 0.6 is 0 Å². The predicted octanol–water partition coefficient (Wildman–Crippen LogP) is 4.16. The number of hydrogen-bond donors (Lipinski definition) is 0. The Morgan fingerprint density at radius 2 is 1.63 bits per heavy atom. The molecular weight excluding hydrogens is 376 g/mol. The molecule has 1 aromatic heterocycles. The first-order valence-corrected chi connectivity index (χ1v) is 10.3. The quantitative estimate of drug-likeness (QED) is 0.602. The summed E-state index contributed by atoms with van der Waals surface area (Å²) in [6.07, 6.45) is 1.82. The van der Waals surface area contributed by atoms with Crippen molar-refractivity contribution in [3.63, 3.8) is 0 Å². The Morgan fingerprint density at radius 1 is 0.967 bits per heavy atom. The Bertz CT molecular complexity index is 1040. The maximum atomic E-state index is 13.1. The number of amides is 1. The molecule has 0 N–H and O–H groups in total. The van der Waals surface area contributed by atoms with E-state index >= 15 is 0 Å². The fraction of sp³-hybridized carbons (Fsp3) is 0.280. The zero-order valence-electron chi connectivity index (χ0n) is 17.4. The summed E-state index contributed by atoms with van der Waals surface area (Å²) in [6.45, 7) is 1.92. The van der Waals surface area contributed by atoms with Gasteiger partial charge in [-0.15, -0.1) is 0 Å². The van der Waals surface area contributed by atoms with Crippen LogP contribution in [0.3, 0.4) is 0 Å². The van der Waals surface area contributed by atoms with Crippen LogP contribution in [0.4, 0.5) is 0 Å². The van der Waals surface area contributed by atoms with Crippen molar-refractivity contribution >= 4 is 11.7 Å². The first-order chi connectivity index (χ1) is 14.5. The molecule has 0 spiro atoms. The molecule has 30 heavy (non-hydrogen) atoms. The number of aryl methyl sites for hydroxylation is 1. The Hall–Kier alpha value is -3.18. The zero-order chi connectivity index (χ0) is 21.1. The number of carbonyl (C=O) groups excluding carboxylic acids is 2. The second-order valence-corrected chi connectivity index (χ2v) is 8.00. The minimum Gasteiger partial charge on any atom is -0.463 e. The highest BCUT2D eigenvalue weighted by Gasteiger charge is 2.23. The lowest BCUT2D eigenvalue weighted by molar-refractivity contribution is 0.0733. The molecule has 0 saturated carbocycles. The number of fused-ring (bicyclic) bond motifs is 1.